The molecule has 7 aromatic rings. The molecule has 11 bridgehead atoms. The standard InChI is InChI=1S/C83H87Cl2F4N13O26/c1-31(2)18-47(92-5)73(115)99-62-64(108)35-10-16-51(44(84)20-35)124-53-23-38-24-54(68(53)128-81-69(67(111)66(110)55(30-103)126-81)127-57-28-82(4,70(112)32(3)123-57)93-29-33-6-12-39(13-7-33)94-72(114)37-8-14-43(46(86)22-37)83(87,88)89)125-52-17-11-36(21-45(52)85)65(109)63-78(120)98-61(79(121)101-102-80(122)71(91)113)42-25-40(104)26-50(106)58(42)41-19-34(9-15-49(41)105)59(75(117)100-63)97-76(118)60(38)96-74(116)48(27-56(90)107)95-77(62)119/h6-17,19-26,31-32,47-48,55,57,59-67,69-70,81,92-93,103-106,108-112H,18,27-30H2,1-5H3,(H2,90,107)(H2,91,113)(H,94,114)(H,95,119)(H,96,116)(H,97,118)(H,98,120)(H,99,115)(H,100,117)(H,101,121)(H,102,122). The van der Waals surface area contributed by atoms with Crippen LogP contribution in [0.1, 0.15) is 127 Å². The molecule has 128 heavy (non-hydrogen) atoms. The van der Waals surface area contributed by atoms with Crippen LogP contribution in [0, 0.1) is 11.7 Å². The fraction of sp³-hybridized carbons (Fsp3) is 0.361. The van der Waals surface area contributed by atoms with Gasteiger partial charge in [-0.2, -0.15) is 13.2 Å². The summed E-state index contributed by atoms with van der Waals surface area (Å²) in [5, 5.41) is 129. The van der Waals surface area contributed by atoms with Crippen molar-refractivity contribution in [1.29, 1.82) is 0 Å². The second-order valence-electron chi connectivity index (χ2n) is 31.3. The number of aliphatic hydroxyl groups excluding tert-OH is 6. The van der Waals surface area contributed by atoms with Gasteiger partial charge < -0.3 is 134 Å². The van der Waals surface area contributed by atoms with E-state index in [-0.39, 0.29) is 42.1 Å². The number of primary amides is 2. The van der Waals surface area contributed by atoms with Crippen LogP contribution < -0.4 is 84.4 Å². The van der Waals surface area contributed by atoms with E-state index < -0.39 is 294 Å². The Labute approximate surface area is 732 Å². The third-order valence-corrected chi connectivity index (χ3v) is 22.3. The molecule has 11 amide bonds. The van der Waals surface area contributed by atoms with Gasteiger partial charge in [-0.1, -0.05) is 67.4 Å². The number of nitrogens with two attached hydrogens (primary N) is 2. The molecule has 2 saturated heterocycles. The summed E-state index contributed by atoms with van der Waals surface area (Å²) in [6, 6.07) is 5.58. The summed E-state index contributed by atoms with van der Waals surface area (Å²) >= 11 is 14.3. The van der Waals surface area contributed by atoms with Gasteiger partial charge in [-0.3, -0.25) is 63.6 Å². The van der Waals surface area contributed by atoms with Gasteiger partial charge in [-0.25, -0.2) is 4.39 Å². The van der Waals surface area contributed by atoms with Crippen LogP contribution >= 0.6 is 23.2 Å². The molecule has 0 aromatic heterocycles. The van der Waals surface area contributed by atoms with Crippen molar-refractivity contribution in [2.24, 2.45) is 17.4 Å². The zero-order valence-electron chi connectivity index (χ0n) is 67.9. The Kier molecular flexibility index (Phi) is 28.7. The highest BCUT2D eigenvalue weighted by Crippen LogP contribution is 2.50. The van der Waals surface area contributed by atoms with Gasteiger partial charge in [0.1, 0.15) is 101 Å². The number of hydrogen-bond donors (Lipinski definition) is 22. The Morgan fingerprint density at radius 1 is 0.680 bits per heavy atom. The van der Waals surface area contributed by atoms with Gasteiger partial charge in [0.25, 0.3) is 11.8 Å². The Bertz CT molecular complexity index is 5510. The van der Waals surface area contributed by atoms with Crippen molar-refractivity contribution in [1.82, 2.24) is 53.4 Å². The highest BCUT2D eigenvalue weighted by molar-refractivity contribution is 6.34. The molecule has 45 heteroatoms. The number of benzene rings is 7. The predicted molar refractivity (Wildman–Crippen MR) is 436 cm³/mol. The number of likely N-dealkylation sites (N-methyl/N-ethyl adjacent to an activating group) is 1. The van der Waals surface area contributed by atoms with Crippen molar-refractivity contribution < 1.29 is 145 Å². The fourth-order valence-corrected chi connectivity index (χ4v) is 15.5. The third-order valence-electron chi connectivity index (χ3n) is 21.7. The first kappa shape index (κ1) is 94.5. The smallest absolute Gasteiger partial charge is 0.419 e. The molecule has 7 aliphatic rings. The highest BCUT2D eigenvalue weighted by Gasteiger charge is 2.53. The number of phenols is 3. The fourth-order valence-electron chi connectivity index (χ4n) is 15.0. The van der Waals surface area contributed by atoms with Crippen LogP contribution in [0.25, 0.3) is 11.1 Å². The lowest BCUT2D eigenvalue weighted by Gasteiger charge is -2.48. The molecule has 7 heterocycles. The monoisotopic (exact) mass is 1830 g/mol. The quantitative estimate of drug-likeness (QED) is 0.0331. The molecule has 0 aliphatic carbocycles. The zero-order chi connectivity index (χ0) is 93.1. The Balaban J connectivity index is 1.01. The maximum absolute atomic E-state index is 16.3. The molecule has 39 nitrogen and oxygen atoms in total. The van der Waals surface area contributed by atoms with Crippen LogP contribution in [0.5, 0.6) is 46.0 Å². The van der Waals surface area contributed by atoms with E-state index in [0.717, 1.165) is 72.8 Å². The molecular weight excluding hydrogens is 1740 g/mol. The van der Waals surface area contributed by atoms with Gasteiger partial charge in [-0.15, -0.1) is 0 Å². The number of rotatable bonds is 18. The Morgan fingerprint density at radius 3 is 1.91 bits per heavy atom. The second-order valence-corrected chi connectivity index (χ2v) is 32.1. The van der Waals surface area contributed by atoms with Crippen LogP contribution in [0.3, 0.4) is 0 Å². The van der Waals surface area contributed by atoms with Gasteiger partial charge in [0.05, 0.1) is 46.9 Å². The Hall–Kier alpha value is -12.6. The van der Waals surface area contributed by atoms with Crippen molar-refractivity contribution >= 4 is 93.9 Å². The summed E-state index contributed by atoms with van der Waals surface area (Å²) < 4.78 is 93.6. The van der Waals surface area contributed by atoms with E-state index in [1.165, 1.54) is 32.2 Å². The predicted octanol–water partition coefficient (Wildman–Crippen LogP) is 1.90. The lowest BCUT2D eigenvalue weighted by Crippen LogP contribution is -2.65. The molecule has 0 saturated carbocycles. The number of carbonyl (C=O) groups excluding carboxylic acids is 11. The number of fused-ring (bicyclic) bond motifs is 15. The van der Waals surface area contributed by atoms with Crippen LogP contribution in [-0.2, 0) is 74.9 Å². The molecule has 0 radical (unpaired) electrons. The second kappa shape index (κ2) is 38.9. The number of amides is 11. The molecule has 7 aliphatic heterocycles. The molecule has 18 unspecified atom stereocenters. The molecule has 7 aromatic carbocycles. The number of aliphatic hydroxyl groups is 6. The summed E-state index contributed by atoms with van der Waals surface area (Å²) in [5.41, 5.74) is 8.28. The van der Waals surface area contributed by atoms with Crippen molar-refractivity contribution in [3.63, 3.8) is 0 Å². The molecule has 0 spiro atoms. The maximum atomic E-state index is 16.3. The molecule has 682 valence electrons. The largest absolute Gasteiger partial charge is 0.508 e. The average Bonchev–Trinajstić information content (AvgIpc) is 0.759. The van der Waals surface area contributed by atoms with Crippen LogP contribution in [0.2, 0.25) is 10.0 Å². The van der Waals surface area contributed by atoms with Gasteiger partial charge >= 0.3 is 18.0 Å². The number of hydrogen-bond acceptors (Lipinski definition) is 28. The summed E-state index contributed by atoms with van der Waals surface area (Å²) in [6.45, 7) is 5.50. The highest BCUT2D eigenvalue weighted by atomic mass is 35.5. The normalized spacial score (nSPS) is 25.7. The molecule has 18 atom stereocenters. The number of hydrazine groups is 1. The molecular formula is C83H87Cl2F4N13O26. The number of phenolic OH excluding ortho intramolecular Hbond substituents is 3. The van der Waals surface area contributed by atoms with Gasteiger partial charge in [0, 0.05) is 46.9 Å². The molecule has 2 fully saturated rings. The van der Waals surface area contributed by atoms with Crippen molar-refractivity contribution in [3.8, 4) is 57.1 Å². The van der Waals surface area contributed by atoms with Crippen LogP contribution in [0.4, 0.5) is 23.2 Å². The number of aromatic hydroxyl groups is 3. The van der Waals surface area contributed by atoms with E-state index in [2.05, 4.69) is 47.9 Å². The average molecular weight is 1830 g/mol. The first-order chi connectivity index (χ1) is 60.4. The van der Waals surface area contributed by atoms with Crippen LogP contribution in [0.15, 0.2) is 121 Å². The Morgan fingerprint density at radius 2 is 1.30 bits per heavy atom. The number of alkyl halides is 3. The van der Waals surface area contributed by atoms with E-state index in [9.17, 15) is 92.3 Å². The maximum Gasteiger partial charge on any atom is 0.419 e. The van der Waals surface area contributed by atoms with Crippen molar-refractivity contribution in [2.45, 2.75) is 169 Å². The zero-order valence-corrected chi connectivity index (χ0v) is 69.4. The SMILES string of the molecule is CNC(CC(C)C)C(=O)NC1C(=O)NC(CC(N)=O)C(=O)NC2C(=O)NC3C(=O)NC(C(=O)NC(C(=O)NNC(=O)C(N)=O)c4cc(O)cc(O)c4-c4cc3ccc4O)C(O)c3ccc(c(Cl)c3)Oc3cc2cc(c3OC2OC(CO)C(O)C(O)C2OC2CC(C)(NCc3ccc(NC(=O)c4ccc(C(F)(F)F)c(F)c4)cc3)C(O)C(C)O2)Oc2ccc(cc2Cl)C1O. The van der Waals surface area contributed by atoms with Crippen molar-refractivity contribution in [3.05, 3.63) is 182 Å². The van der Waals surface area contributed by atoms with Gasteiger partial charge in [-0.05, 0) is 152 Å². The van der Waals surface area contributed by atoms with E-state index in [1.807, 2.05) is 5.43 Å². The minimum absolute atomic E-state index is 0.0491. The first-order valence-electron chi connectivity index (χ1n) is 39.3. The lowest BCUT2D eigenvalue weighted by molar-refractivity contribution is -0.334. The number of carbonyl (C=O) groups is 11. The van der Waals surface area contributed by atoms with Crippen molar-refractivity contribution in [2.75, 3.05) is 19.0 Å². The number of halogens is 6. The summed E-state index contributed by atoms with van der Waals surface area (Å²) in [5.74, 6) is -22.8. The summed E-state index contributed by atoms with van der Waals surface area (Å²) in [4.78, 5) is 157. The van der Waals surface area contributed by atoms with E-state index in [1.54, 1.807) is 38.3 Å². The van der Waals surface area contributed by atoms with E-state index >= 15 is 24.0 Å². The minimum atomic E-state index is -5.02. The van der Waals surface area contributed by atoms with Gasteiger partial charge in [0.2, 0.25) is 53.4 Å². The minimum Gasteiger partial charge on any atom is -0.508 e. The molecule has 24 N–H and O–H groups in total. The first-order valence-corrected chi connectivity index (χ1v) is 40.0. The number of nitrogens with one attached hydrogen (secondary N) is 11. The lowest BCUT2D eigenvalue weighted by atomic mass is 9.84. The van der Waals surface area contributed by atoms with E-state index in [4.69, 9.17) is 63.1 Å². The topological polar surface area (TPSA) is 610 Å². The number of ether oxygens (including phenoxy) is 6. The van der Waals surface area contributed by atoms with Gasteiger partial charge in [0.15, 0.2) is 23.9 Å². The molecule has 14 rings (SSSR count). The summed E-state index contributed by atoms with van der Waals surface area (Å²) in [7, 11) is 1.44. The summed E-state index contributed by atoms with van der Waals surface area (Å²) in [6.07, 6.45) is -25.2. The van der Waals surface area contributed by atoms with Crippen LogP contribution in [-0.4, -0.2) is 204 Å². The van der Waals surface area contributed by atoms with E-state index in [0.29, 0.717) is 23.8 Å². The number of anilines is 1. The third kappa shape index (κ3) is 21.0.